The van der Waals surface area contributed by atoms with Gasteiger partial charge in [0.15, 0.2) is 0 Å². The third kappa shape index (κ3) is 3.24. The van der Waals surface area contributed by atoms with E-state index in [1.54, 1.807) is 0 Å². The molecule has 7 aliphatic heterocycles. The SMILES string of the molecule is C=CC[N@@+]12CC[C@@]34c5ccccc5N5/C=C6/C7CC8[C@@]9(CC[N@@+]8(CC=C)C/C7=C/C[O-])c7ccccc7N(/C=C(/C(CC31)/C(=C\C[O-])C2)C54)C69. The summed E-state index contributed by atoms with van der Waals surface area (Å²) >= 11 is 0. The topological polar surface area (TPSA) is 52.6 Å². The predicted molar refractivity (Wildman–Crippen MR) is 194 cm³/mol. The van der Waals surface area contributed by atoms with Gasteiger partial charge in [-0.1, -0.05) is 61.7 Å². The second-order valence-corrected chi connectivity index (χ2v) is 17.1. The van der Waals surface area contributed by atoms with Crippen molar-refractivity contribution < 1.29 is 19.2 Å². The smallest absolute Gasteiger partial charge is 0.103 e. The zero-order valence-electron chi connectivity index (χ0n) is 29.1. The van der Waals surface area contributed by atoms with E-state index in [0.29, 0.717) is 12.1 Å². The second-order valence-electron chi connectivity index (χ2n) is 17.1. The largest absolute Gasteiger partial charge is 0.851 e. The van der Waals surface area contributed by atoms with Crippen LogP contribution in [0, 0.1) is 11.8 Å². The number of hydrogen-bond acceptors (Lipinski definition) is 4. The molecule has 256 valence electrons. The maximum atomic E-state index is 12.5. The molecule has 10 atom stereocenters. The third-order valence-electron chi connectivity index (χ3n) is 15.8. The van der Waals surface area contributed by atoms with Crippen molar-refractivity contribution in [1.29, 1.82) is 0 Å². The molecule has 0 radical (unpaired) electrons. The van der Waals surface area contributed by atoms with Gasteiger partial charge in [0.1, 0.15) is 25.2 Å². The van der Waals surface area contributed by atoms with E-state index in [-0.39, 0.29) is 48.0 Å². The summed E-state index contributed by atoms with van der Waals surface area (Å²) in [5.41, 5.74) is 11.5. The first-order chi connectivity index (χ1) is 24.5. The molecule has 6 fully saturated rings. The van der Waals surface area contributed by atoms with E-state index in [1.165, 1.54) is 44.8 Å². The molecule has 4 bridgehead atoms. The molecule has 6 unspecified atom stereocenters. The third-order valence-corrected chi connectivity index (χ3v) is 15.8. The molecule has 2 aromatic carbocycles. The quantitative estimate of drug-likeness (QED) is 0.343. The van der Waals surface area contributed by atoms with Crippen LogP contribution in [0.1, 0.15) is 36.8 Å². The van der Waals surface area contributed by atoms with Gasteiger partial charge in [0.25, 0.3) is 0 Å². The van der Waals surface area contributed by atoms with Gasteiger partial charge in [-0.25, -0.2) is 0 Å². The number of piperidine rings is 2. The summed E-state index contributed by atoms with van der Waals surface area (Å²) < 4.78 is 2.05. The highest BCUT2D eigenvalue weighted by atomic mass is 16.3. The molecule has 11 rings (SSSR count). The number of quaternary nitrogens is 2. The monoisotopic (exact) mass is 664 g/mol. The predicted octanol–water partition coefficient (Wildman–Crippen LogP) is 4.21. The van der Waals surface area contributed by atoms with E-state index >= 15 is 0 Å². The molecule has 50 heavy (non-hydrogen) atoms. The number of anilines is 2. The molecule has 2 spiro atoms. The fraction of sp³-hybridized carbons (Fsp3) is 0.455. The van der Waals surface area contributed by atoms with E-state index in [0.717, 1.165) is 73.9 Å². The molecule has 4 saturated heterocycles. The maximum Gasteiger partial charge on any atom is 0.103 e. The molecule has 0 aromatic heterocycles. The van der Waals surface area contributed by atoms with Crippen LogP contribution in [0.3, 0.4) is 0 Å². The lowest BCUT2D eigenvalue weighted by molar-refractivity contribution is -0.937. The van der Waals surface area contributed by atoms with Gasteiger partial charge in [-0.05, 0) is 57.7 Å². The Balaban J connectivity index is 1.22. The van der Waals surface area contributed by atoms with E-state index < -0.39 is 0 Å². The highest BCUT2D eigenvalue weighted by Gasteiger charge is 2.75. The number of nitrogens with zero attached hydrogens (tertiary/aromatic N) is 4. The van der Waals surface area contributed by atoms with E-state index in [4.69, 9.17) is 0 Å². The molecule has 2 aromatic rings. The van der Waals surface area contributed by atoms with Crippen LogP contribution >= 0.6 is 0 Å². The van der Waals surface area contributed by atoms with E-state index in [1.807, 2.05) is 12.2 Å². The number of rotatable bonds is 6. The van der Waals surface area contributed by atoms with Crippen molar-refractivity contribution in [3.05, 3.63) is 132 Å². The fourth-order valence-corrected chi connectivity index (χ4v) is 14.5. The highest BCUT2D eigenvalue weighted by Crippen LogP contribution is 2.69. The fourth-order valence-electron chi connectivity index (χ4n) is 14.5. The van der Waals surface area contributed by atoms with Gasteiger partial charge in [0.2, 0.25) is 0 Å². The van der Waals surface area contributed by atoms with Crippen molar-refractivity contribution in [1.82, 2.24) is 0 Å². The molecule has 2 aliphatic carbocycles. The normalized spacial score (nSPS) is 45.5. The molecule has 9 aliphatic rings. The van der Waals surface area contributed by atoms with Crippen molar-refractivity contribution in [3.8, 4) is 0 Å². The van der Waals surface area contributed by atoms with Gasteiger partial charge in [-0.3, -0.25) is 0 Å². The molecule has 0 amide bonds. The van der Waals surface area contributed by atoms with Crippen LogP contribution in [-0.4, -0.2) is 85.6 Å². The second kappa shape index (κ2) is 10.0. The summed E-state index contributed by atoms with van der Waals surface area (Å²) in [5.74, 6) is 0.518. The lowest BCUT2D eigenvalue weighted by Crippen LogP contribution is -2.69. The van der Waals surface area contributed by atoms with Crippen LogP contribution in [0.25, 0.3) is 0 Å². The summed E-state index contributed by atoms with van der Waals surface area (Å²) in [5, 5.41) is 25.0. The average Bonchev–Trinajstić information content (AvgIpc) is 3.81. The van der Waals surface area contributed by atoms with Crippen molar-refractivity contribution in [2.24, 2.45) is 11.8 Å². The Labute approximate surface area is 296 Å². The Hall–Kier alpha value is -3.68. The standard InChI is InChI=1S/C44H48N4O2/c1-3-17-47-19-15-43-35-9-5-7-11-37(35)45-26-34-32-24-40-44(16-20-48(40,18-4-2)28-30(32)14-22-50)36-10-6-8-12-38(36)46(42(34)44)25-33(41(43)45)31(23-39(43)47)29(27-47)13-21-49/h3-14,25-26,31-32,39-42H,1-2,15-24,27-28H2/b29-13-,30-14-,33-25-,34-26-/t31?,32?,39?,40?,41?,42?,43-,44-,47+,48+/m1/s1. The minimum absolute atomic E-state index is 0.00737. The zero-order valence-corrected chi connectivity index (χ0v) is 29.1. The Morgan fingerprint density at radius 3 is 1.54 bits per heavy atom. The van der Waals surface area contributed by atoms with Crippen LogP contribution < -0.4 is 20.0 Å². The van der Waals surface area contributed by atoms with Crippen molar-refractivity contribution in [3.63, 3.8) is 0 Å². The van der Waals surface area contributed by atoms with Gasteiger partial charge in [-0.15, -0.1) is 13.2 Å². The van der Waals surface area contributed by atoms with Crippen LogP contribution in [-0.2, 0) is 10.8 Å². The molecule has 6 heteroatoms. The van der Waals surface area contributed by atoms with Crippen LogP contribution in [0.15, 0.2) is 121 Å². The van der Waals surface area contributed by atoms with Gasteiger partial charge in [-0.2, -0.15) is 0 Å². The minimum Gasteiger partial charge on any atom is -0.851 e. The van der Waals surface area contributed by atoms with Crippen LogP contribution in [0.5, 0.6) is 0 Å². The number of hydrogen-bond donors (Lipinski definition) is 0. The van der Waals surface area contributed by atoms with Gasteiger partial charge >= 0.3 is 0 Å². The lowest BCUT2D eigenvalue weighted by Gasteiger charge is -2.59. The Bertz CT molecular complexity index is 1850. The van der Waals surface area contributed by atoms with Gasteiger partial charge in [0, 0.05) is 61.3 Å². The van der Waals surface area contributed by atoms with Crippen LogP contribution in [0.2, 0.25) is 0 Å². The molecular formula is C44H48N4O2. The first kappa shape index (κ1) is 30.0. The lowest BCUT2D eigenvalue weighted by atomic mass is 9.56. The average molecular weight is 665 g/mol. The highest BCUT2D eigenvalue weighted by molar-refractivity contribution is 5.77. The molecule has 7 heterocycles. The number of benzene rings is 2. The first-order valence-electron chi connectivity index (χ1n) is 19.2. The van der Waals surface area contributed by atoms with Gasteiger partial charge in [0.05, 0.1) is 49.1 Å². The maximum absolute atomic E-state index is 12.5. The summed E-state index contributed by atoms with van der Waals surface area (Å²) in [7, 11) is 0. The minimum atomic E-state index is -0.165. The van der Waals surface area contributed by atoms with Gasteiger partial charge < -0.3 is 29.0 Å². The molecule has 0 N–H and O–H groups in total. The van der Waals surface area contributed by atoms with E-state index in [9.17, 15) is 10.2 Å². The molecule has 2 saturated carbocycles. The molecular weight excluding hydrogens is 617 g/mol. The Morgan fingerprint density at radius 1 is 0.680 bits per heavy atom. The zero-order chi connectivity index (χ0) is 33.6. The summed E-state index contributed by atoms with van der Waals surface area (Å²) in [6.45, 7) is 14.2. The van der Waals surface area contributed by atoms with Crippen LogP contribution in [0.4, 0.5) is 11.4 Å². The summed E-state index contributed by atoms with van der Waals surface area (Å²) in [6.07, 6.45) is 18.1. The molecule has 6 nitrogen and oxygen atoms in total. The first-order valence-corrected chi connectivity index (χ1v) is 19.2. The number of fused-ring (bicyclic) bond motifs is 8. The Morgan fingerprint density at radius 2 is 1.12 bits per heavy atom. The Kier molecular flexibility index (Phi) is 6.00. The van der Waals surface area contributed by atoms with Crippen molar-refractivity contribution in [2.45, 2.75) is 60.7 Å². The summed E-state index contributed by atoms with van der Waals surface area (Å²) in [6, 6.07) is 20.0. The number of para-hydroxylation sites is 2. The van der Waals surface area contributed by atoms with Crippen molar-refractivity contribution in [2.75, 3.05) is 62.3 Å². The van der Waals surface area contributed by atoms with E-state index in [2.05, 4.69) is 96.0 Å². The summed E-state index contributed by atoms with van der Waals surface area (Å²) in [4.78, 5) is 5.48. The van der Waals surface area contributed by atoms with Crippen molar-refractivity contribution >= 4 is 11.4 Å².